The van der Waals surface area contributed by atoms with E-state index in [0.29, 0.717) is 0 Å². The molecular formula is C22H36O3. The zero-order valence-corrected chi connectivity index (χ0v) is 17.1. The standard InChI is InChI=1S/C22H36O3/c1-17(16-20(24-6)25-7)10-8-14-22(5,23)15-12-19-18(2)11-9-13-21(19,3)4/h8,12,14-16,20,23H,9-11,13H2,1-7H3/b14-8-,15-12+,17-16+. The molecule has 3 nitrogen and oxygen atoms in total. The van der Waals surface area contributed by atoms with Gasteiger partial charge in [0.05, 0.1) is 5.60 Å². The molecule has 1 aliphatic carbocycles. The molecule has 25 heavy (non-hydrogen) atoms. The minimum Gasteiger partial charge on any atom is -0.382 e. The Balaban J connectivity index is 2.75. The summed E-state index contributed by atoms with van der Waals surface area (Å²) in [5, 5.41) is 10.6. The maximum atomic E-state index is 10.6. The van der Waals surface area contributed by atoms with Crippen LogP contribution in [0.4, 0.5) is 0 Å². The minimum atomic E-state index is -0.955. The quantitative estimate of drug-likeness (QED) is 0.476. The molecular weight excluding hydrogens is 312 g/mol. The van der Waals surface area contributed by atoms with Crippen LogP contribution < -0.4 is 0 Å². The van der Waals surface area contributed by atoms with E-state index in [1.165, 1.54) is 24.0 Å². The smallest absolute Gasteiger partial charge is 0.176 e. The number of rotatable bonds is 8. The summed E-state index contributed by atoms with van der Waals surface area (Å²) >= 11 is 0. The third-order valence-corrected chi connectivity index (χ3v) is 4.91. The topological polar surface area (TPSA) is 38.7 Å². The molecule has 0 spiro atoms. The lowest BCUT2D eigenvalue weighted by atomic mass is 9.72. The highest BCUT2D eigenvalue weighted by atomic mass is 16.7. The van der Waals surface area contributed by atoms with E-state index >= 15 is 0 Å². The number of allylic oxidation sites excluding steroid dienone is 5. The second-order valence-corrected chi connectivity index (χ2v) is 7.95. The van der Waals surface area contributed by atoms with Gasteiger partial charge in [-0.25, -0.2) is 0 Å². The predicted octanol–water partition coefficient (Wildman–Crippen LogP) is 5.33. The molecule has 0 aromatic carbocycles. The molecule has 0 aromatic heterocycles. The maximum absolute atomic E-state index is 10.6. The van der Waals surface area contributed by atoms with Crippen molar-refractivity contribution >= 4 is 0 Å². The molecule has 0 aromatic rings. The molecule has 0 heterocycles. The average Bonchev–Trinajstić information content (AvgIpc) is 2.51. The number of hydrogen-bond donors (Lipinski definition) is 1. The van der Waals surface area contributed by atoms with Gasteiger partial charge in [0.25, 0.3) is 0 Å². The van der Waals surface area contributed by atoms with Gasteiger partial charge in [0.15, 0.2) is 6.29 Å². The Hall–Kier alpha value is -1.16. The highest BCUT2D eigenvalue weighted by molar-refractivity contribution is 5.34. The summed E-state index contributed by atoms with van der Waals surface area (Å²) in [5.74, 6) is 0. The van der Waals surface area contributed by atoms with E-state index < -0.39 is 5.60 Å². The van der Waals surface area contributed by atoms with E-state index in [0.717, 1.165) is 18.4 Å². The Morgan fingerprint density at radius 3 is 2.48 bits per heavy atom. The predicted molar refractivity (Wildman–Crippen MR) is 105 cm³/mol. The maximum Gasteiger partial charge on any atom is 0.176 e. The van der Waals surface area contributed by atoms with Gasteiger partial charge in [-0.3, -0.25) is 0 Å². The van der Waals surface area contributed by atoms with Crippen LogP contribution in [0.3, 0.4) is 0 Å². The Morgan fingerprint density at radius 2 is 1.92 bits per heavy atom. The lowest BCUT2D eigenvalue weighted by molar-refractivity contribution is -0.0671. The van der Waals surface area contributed by atoms with Gasteiger partial charge in [-0.05, 0) is 69.6 Å². The van der Waals surface area contributed by atoms with Gasteiger partial charge in [-0.2, -0.15) is 0 Å². The zero-order chi connectivity index (χ0) is 19.1. The van der Waals surface area contributed by atoms with E-state index in [2.05, 4.69) is 26.8 Å². The molecule has 1 rings (SSSR count). The summed E-state index contributed by atoms with van der Waals surface area (Å²) in [6, 6.07) is 0. The highest BCUT2D eigenvalue weighted by Crippen LogP contribution is 2.40. The van der Waals surface area contributed by atoms with Crippen LogP contribution in [0.1, 0.15) is 60.3 Å². The van der Waals surface area contributed by atoms with Crippen molar-refractivity contribution in [1.29, 1.82) is 0 Å². The highest BCUT2D eigenvalue weighted by Gasteiger charge is 2.27. The van der Waals surface area contributed by atoms with Gasteiger partial charge in [-0.1, -0.05) is 43.2 Å². The van der Waals surface area contributed by atoms with Crippen molar-refractivity contribution in [2.75, 3.05) is 14.2 Å². The zero-order valence-electron chi connectivity index (χ0n) is 17.1. The van der Waals surface area contributed by atoms with Crippen LogP contribution in [0.25, 0.3) is 0 Å². The fourth-order valence-electron chi connectivity index (χ4n) is 3.33. The van der Waals surface area contributed by atoms with Crippen molar-refractivity contribution in [2.24, 2.45) is 5.41 Å². The van der Waals surface area contributed by atoms with Crippen molar-refractivity contribution in [3.05, 3.63) is 47.1 Å². The number of ether oxygens (including phenoxy) is 2. The fourth-order valence-corrected chi connectivity index (χ4v) is 3.33. The van der Waals surface area contributed by atoms with Crippen LogP contribution in [-0.2, 0) is 9.47 Å². The first-order valence-corrected chi connectivity index (χ1v) is 9.14. The van der Waals surface area contributed by atoms with Crippen LogP contribution in [0.15, 0.2) is 47.1 Å². The molecule has 1 N–H and O–H groups in total. The number of hydrogen-bond acceptors (Lipinski definition) is 3. The van der Waals surface area contributed by atoms with Gasteiger partial charge in [0.2, 0.25) is 0 Å². The largest absolute Gasteiger partial charge is 0.382 e. The lowest BCUT2D eigenvalue weighted by Gasteiger charge is -2.33. The molecule has 0 saturated heterocycles. The second kappa shape index (κ2) is 9.51. The van der Waals surface area contributed by atoms with Crippen LogP contribution >= 0.6 is 0 Å². The third-order valence-electron chi connectivity index (χ3n) is 4.91. The minimum absolute atomic E-state index is 0.188. The van der Waals surface area contributed by atoms with Crippen molar-refractivity contribution < 1.29 is 14.6 Å². The van der Waals surface area contributed by atoms with Crippen molar-refractivity contribution in [3.8, 4) is 0 Å². The molecule has 1 atom stereocenters. The number of methoxy groups -OCH3 is 2. The second-order valence-electron chi connectivity index (χ2n) is 7.95. The molecule has 1 unspecified atom stereocenters. The Bertz CT molecular complexity index is 544. The van der Waals surface area contributed by atoms with Crippen LogP contribution in [-0.4, -0.2) is 31.2 Å². The summed E-state index contributed by atoms with van der Waals surface area (Å²) in [6.45, 7) is 10.6. The van der Waals surface area contributed by atoms with E-state index in [-0.39, 0.29) is 11.7 Å². The molecule has 0 bridgehead atoms. The van der Waals surface area contributed by atoms with Crippen LogP contribution in [0.5, 0.6) is 0 Å². The first-order valence-electron chi connectivity index (χ1n) is 9.14. The molecule has 142 valence electrons. The molecule has 0 saturated carbocycles. The Labute approximate surface area is 154 Å². The summed E-state index contributed by atoms with van der Waals surface area (Å²) in [7, 11) is 3.24. The summed E-state index contributed by atoms with van der Waals surface area (Å²) in [5.41, 5.74) is 3.18. The van der Waals surface area contributed by atoms with E-state index in [4.69, 9.17) is 9.47 Å². The summed E-state index contributed by atoms with van der Waals surface area (Å²) in [4.78, 5) is 0. The van der Waals surface area contributed by atoms with Crippen molar-refractivity contribution in [3.63, 3.8) is 0 Å². The third kappa shape index (κ3) is 7.31. The van der Waals surface area contributed by atoms with Gasteiger partial charge < -0.3 is 14.6 Å². The van der Waals surface area contributed by atoms with E-state index in [1.807, 2.05) is 38.2 Å². The monoisotopic (exact) mass is 348 g/mol. The van der Waals surface area contributed by atoms with Crippen LogP contribution in [0, 0.1) is 5.41 Å². The average molecular weight is 349 g/mol. The van der Waals surface area contributed by atoms with Gasteiger partial charge in [0.1, 0.15) is 0 Å². The van der Waals surface area contributed by atoms with E-state index in [1.54, 1.807) is 14.2 Å². The molecule has 0 aliphatic heterocycles. The normalized spacial score (nSPS) is 21.6. The van der Waals surface area contributed by atoms with E-state index in [9.17, 15) is 5.11 Å². The summed E-state index contributed by atoms with van der Waals surface area (Å²) < 4.78 is 10.3. The van der Waals surface area contributed by atoms with Crippen LogP contribution in [0.2, 0.25) is 0 Å². The fraction of sp³-hybridized carbons (Fsp3) is 0.636. The van der Waals surface area contributed by atoms with Gasteiger partial charge in [-0.15, -0.1) is 0 Å². The summed E-state index contributed by atoms with van der Waals surface area (Å²) in [6.07, 6.45) is 13.8. The van der Waals surface area contributed by atoms with Crippen molar-refractivity contribution in [2.45, 2.75) is 72.2 Å². The number of aliphatic hydroxyl groups is 1. The van der Waals surface area contributed by atoms with Gasteiger partial charge in [0, 0.05) is 14.2 Å². The van der Waals surface area contributed by atoms with Crippen molar-refractivity contribution in [1.82, 2.24) is 0 Å². The first-order chi connectivity index (χ1) is 11.6. The Morgan fingerprint density at radius 1 is 1.28 bits per heavy atom. The first kappa shape index (κ1) is 21.9. The molecule has 1 aliphatic rings. The molecule has 0 radical (unpaired) electrons. The van der Waals surface area contributed by atoms with Gasteiger partial charge >= 0.3 is 0 Å². The molecule has 0 amide bonds. The SMILES string of the molecule is COC(/C=C(\C)C/C=C\C(C)(O)/C=C/C1=C(C)CCCC1(C)C)OC. The molecule has 0 fully saturated rings. The lowest BCUT2D eigenvalue weighted by Crippen LogP contribution is -2.21. The molecule has 3 heteroatoms. The Kier molecular flexibility index (Phi) is 8.33.